The van der Waals surface area contributed by atoms with E-state index in [4.69, 9.17) is 5.73 Å². The first-order chi connectivity index (χ1) is 22.2. The average Bonchev–Trinajstić information content (AvgIpc) is 3.25. The molecule has 2 fully saturated rings. The van der Waals surface area contributed by atoms with Crippen molar-refractivity contribution in [1.29, 1.82) is 0 Å². The van der Waals surface area contributed by atoms with Crippen molar-refractivity contribution in [2.24, 2.45) is 29.4 Å². The van der Waals surface area contributed by atoms with E-state index in [0.717, 1.165) is 29.7 Å². The number of hydrogen-bond acceptors (Lipinski definition) is 10. The fourth-order valence-corrected chi connectivity index (χ4v) is 8.27. The Hall–Kier alpha value is -4.55. The molecule has 2 saturated carbocycles. The third-order valence-corrected chi connectivity index (χ3v) is 10.5. The number of hydrogen-bond donors (Lipinski definition) is 3. The molecule has 1 heterocycles. The molecular formula is C35H37N3O9. The first kappa shape index (κ1) is 32.4. The summed E-state index contributed by atoms with van der Waals surface area (Å²) in [6, 6.07) is 6.89. The summed E-state index contributed by atoms with van der Waals surface area (Å²) in [5.74, 6) is -12.4. The summed E-state index contributed by atoms with van der Waals surface area (Å²) in [5, 5.41) is 23.5. The second-order valence-corrected chi connectivity index (χ2v) is 13.4. The zero-order valence-electron chi connectivity index (χ0n) is 26.4. The number of likely N-dealkylation sites (N-methyl/N-ethyl adjacent to an activating group) is 1. The van der Waals surface area contributed by atoms with Crippen LogP contribution in [0.3, 0.4) is 0 Å². The van der Waals surface area contributed by atoms with E-state index in [0.29, 0.717) is 12.0 Å². The number of phenols is 1. The van der Waals surface area contributed by atoms with Crippen molar-refractivity contribution in [3.63, 3.8) is 0 Å². The molecule has 246 valence electrons. The monoisotopic (exact) mass is 643 g/mol. The number of amides is 3. The third kappa shape index (κ3) is 4.68. The lowest BCUT2D eigenvalue weighted by molar-refractivity contribution is -0.181. The molecule has 12 heteroatoms. The maximum Gasteiger partial charge on any atom is 0.261 e. The van der Waals surface area contributed by atoms with Crippen LogP contribution in [0.15, 0.2) is 30.3 Å². The van der Waals surface area contributed by atoms with Gasteiger partial charge in [0.25, 0.3) is 11.8 Å². The van der Waals surface area contributed by atoms with Gasteiger partial charge in [-0.05, 0) is 75.0 Å². The van der Waals surface area contributed by atoms with Crippen molar-refractivity contribution in [3.8, 4) is 5.75 Å². The fraction of sp³-hybridized carbons (Fsp3) is 0.457. The van der Waals surface area contributed by atoms with Gasteiger partial charge in [-0.2, -0.15) is 0 Å². The number of aliphatic hydroxyl groups is 1. The minimum absolute atomic E-state index is 0.0458. The van der Waals surface area contributed by atoms with Gasteiger partial charge >= 0.3 is 0 Å². The SMILES string of the molecule is CCCCCc1cc(CN2C(=O)c3ccccc3C2=O)c(O)c2c1C[C@H]1C[C@H]3[C@H](N(C)C)C(=O)C(C(N)=O)C(=O)[C@@]3(O)C(=O)C1C2=O. The highest BCUT2D eigenvalue weighted by Gasteiger charge is 2.69. The zero-order valence-corrected chi connectivity index (χ0v) is 26.4. The van der Waals surface area contributed by atoms with Gasteiger partial charge in [-0.1, -0.05) is 31.9 Å². The Morgan fingerprint density at radius 1 is 1.00 bits per heavy atom. The van der Waals surface area contributed by atoms with Gasteiger partial charge in [0.05, 0.1) is 35.2 Å². The van der Waals surface area contributed by atoms with Gasteiger partial charge in [0, 0.05) is 11.5 Å². The van der Waals surface area contributed by atoms with Crippen LogP contribution in [0.5, 0.6) is 5.75 Å². The van der Waals surface area contributed by atoms with Gasteiger partial charge in [0.15, 0.2) is 34.7 Å². The smallest absolute Gasteiger partial charge is 0.261 e. The average molecular weight is 644 g/mol. The molecule has 0 bridgehead atoms. The predicted molar refractivity (Wildman–Crippen MR) is 165 cm³/mol. The predicted octanol–water partition coefficient (Wildman–Crippen LogP) is 1.40. The van der Waals surface area contributed by atoms with Crippen LogP contribution < -0.4 is 5.73 Å². The highest BCUT2D eigenvalue weighted by atomic mass is 16.3. The number of phenolic OH excluding ortho intramolecular Hbond substituents is 1. The van der Waals surface area contributed by atoms with Crippen molar-refractivity contribution in [2.45, 2.75) is 63.6 Å². The number of nitrogens with two attached hydrogens (primary N) is 1. The van der Waals surface area contributed by atoms with E-state index in [1.54, 1.807) is 30.3 Å². The number of aryl methyl sites for hydroxylation is 1. The zero-order chi connectivity index (χ0) is 34.1. The van der Waals surface area contributed by atoms with Gasteiger partial charge < -0.3 is 15.9 Å². The van der Waals surface area contributed by atoms with Gasteiger partial charge in [-0.3, -0.25) is 43.4 Å². The first-order valence-electron chi connectivity index (χ1n) is 15.9. The second kappa shape index (κ2) is 11.6. The lowest BCUT2D eigenvalue weighted by Gasteiger charge is -2.52. The van der Waals surface area contributed by atoms with Crippen molar-refractivity contribution in [3.05, 3.63) is 63.7 Å². The summed E-state index contributed by atoms with van der Waals surface area (Å²) in [6.07, 6.45) is 3.18. The summed E-state index contributed by atoms with van der Waals surface area (Å²) in [7, 11) is 3.07. The lowest BCUT2D eigenvalue weighted by atomic mass is 9.52. The summed E-state index contributed by atoms with van der Waals surface area (Å²) < 4.78 is 0. The number of rotatable bonds is 8. The number of aromatic hydroxyl groups is 1. The molecular weight excluding hydrogens is 606 g/mol. The van der Waals surface area contributed by atoms with Crippen LogP contribution in [0.1, 0.15) is 80.4 Å². The number of imide groups is 1. The molecule has 4 N–H and O–H groups in total. The second-order valence-electron chi connectivity index (χ2n) is 13.4. The van der Waals surface area contributed by atoms with E-state index >= 15 is 0 Å². The van der Waals surface area contributed by atoms with E-state index < -0.39 is 81.9 Å². The summed E-state index contributed by atoms with van der Waals surface area (Å²) in [6.45, 7) is 1.72. The van der Waals surface area contributed by atoms with Gasteiger partial charge in [0.1, 0.15) is 5.75 Å². The Bertz CT molecular complexity index is 1750. The van der Waals surface area contributed by atoms with Gasteiger partial charge in [0.2, 0.25) is 5.91 Å². The van der Waals surface area contributed by atoms with Crippen LogP contribution in [0.2, 0.25) is 0 Å². The maximum absolute atomic E-state index is 14.4. The molecule has 0 spiro atoms. The van der Waals surface area contributed by atoms with E-state index in [2.05, 4.69) is 0 Å². The molecule has 2 aromatic carbocycles. The highest BCUT2D eigenvalue weighted by Crippen LogP contribution is 2.51. The largest absolute Gasteiger partial charge is 0.507 e. The van der Waals surface area contributed by atoms with Crippen molar-refractivity contribution < 1.29 is 43.8 Å². The number of nitrogens with zero attached hydrogens (tertiary/aromatic N) is 2. The number of ketones is 4. The van der Waals surface area contributed by atoms with Crippen LogP contribution in [-0.4, -0.2) is 86.6 Å². The van der Waals surface area contributed by atoms with Gasteiger partial charge in [-0.15, -0.1) is 0 Å². The maximum atomic E-state index is 14.4. The van der Waals surface area contributed by atoms with Gasteiger partial charge in [-0.25, -0.2) is 0 Å². The molecule has 6 rings (SSSR count). The molecule has 12 nitrogen and oxygen atoms in total. The number of carbonyl (C=O) groups excluding carboxylic acids is 7. The lowest BCUT2D eigenvalue weighted by Crippen LogP contribution is -2.74. The quantitative estimate of drug-likeness (QED) is 0.215. The fourth-order valence-electron chi connectivity index (χ4n) is 8.27. The molecule has 2 unspecified atom stereocenters. The number of fused-ring (bicyclic) bond motifs is 4. The molecule has 0 radical (unpaired) electrons. The van der Waals surface area contributed by atoms with Crippen molar-refractivity contribution in [2.75, 3.05) is 14.1 Å². The number of carbonyl (C=O) groups is 7. The van der Waals surface area contributed by atoms with Crippen LogP contribution >= 0.6 is 0 Å². The van der Waals surface area contributed by atoms with Crippen molar-refractivity contribution in [1.82, 2.24) is 9.80 Å². The number of benzene rings is 2. The normalized spacial score (nSPS) is 28.4. The van der Waals surface area contributed by atoms with E-state index in [-0.39, 0.29) is 41.6 Å². The Morgan fingerprint density at radius 2 is 1.64 bits per heavy atom. The molecule has 0 aromatic heterocycles. The Kier molecular flexibility index (Phi) is 8.00. The summed E-state index contributed by atoms with van der Waals surface area (Å²) in [4.78, 5) is 96.5. The Morgan fingerprint density at radius 3 is 2.21 bits per heavy atom. The summed E-state index contributed by atoms with van der Waals surface area (Å²) >= 11 is 0. The highest BCUT2D eigenvalue weighted by molar-refractivity contribution is 6.32. The topological polar surface area (TPSA) is 192 Å². The van der Waals surface area contributed by atoms with E-state index in [1.165, 1.54) is 19.0 Å². The molecule has 6 atom stereocenters. The molecule has 3 aliphatic carbocycles. The molecule has 2 aromatic rings. The van der Waals surface area contributed by atoms with E-state index in [1.807, 2.05) is 6.92 Å². The van der Waals surface area contributed by atoms with Crippen molar-refractivity contribution >= 4 is 40.9 Å². The summed E-state index contributed by atoms with van der Waals surface area (Å²) in [5.41, 5.74) is 4.30. The number of Topliss-reactive ketones (excluding diaryl/α,β-unsaturated/α-hetero) is 4. The molecule has 1 aliphatic heterocycles. The first-order valence-corrected chi connectivity index (χ1v) is 15.9. The molecule has 4 aliphatic rings. The van der Waals surface area contributed by atoms with Crippen LogP contribution in [0, 0.1) is 23.7 Å². The minimum Gasteiger partial charge on any atom is -0.507 e. The van der Waals surface area contributed by atoms with Crippen LogP contribution in [0.4, 0.5) is 0 Å². The minimum atomic E-state index is -2.83. The molecule has 0 saturated heterocycles. The van der Waals surface area contributed by atoms with E-state index in [9.17, 15) is 43.8 Å². The molecule has 47 heavy (non-hydrogen) atoms. The Balaban J connectivity index is 1.44. The van der Waals surface area contributed by atoms with Crippen LogP contribution in [-0.2, 0) is 38.6 Å². The Labute approximate surface area is 270 Å². The standard InChI is InChI=1S/C35H37N3O9/c1-4-5-6-9-16-12-18(15-38-33(45)19-10-7-8-11-20(19)34(38)46)27(39)24-21(16)13-17-14-22-26(37(2)3)29(41)25(32(36)44)31(43)35(22,47)30(42)23(17)28(24)40/h7-8,10-12,17,22-23,25-26,39,47H,4-6,9,13-15H2,1-3H3,(H2,36,44)/t17-,22-,23?,25?,26-,35-/m0/s1. The molecule has 3 amide bonds. The third-order valence-electron chi connectivity index (χ3n) is 10.5. The number of primary amides is 1. The number of unbranched alkanes of at least 4 members (excludes halogenated alkanes) is 2. The van der Waals surface area contributed by atoms with Crippen LogP contribution in [0.25, 0.3) is 0 Å².